The second-order valence-electron chi connectivity index (χ2n) is 5.77. The molecule has 19 heavy (non-hydrogen) atoms. The minimum absolute atomic E-state index is 0.0918. The Hall–Kier alpha value is -0.830. The van der Waals surface area contributed by atoms with Crippen molar-refractivity contribution in [2.45, 2.75) is 44.1 Å². The first kappa shape index (κ1) is 13.2. The molecule has 3 rings (SSSR count). The molecule has 1 fully saturated rings. The fourth-order valence-corrected chi connectivity index (χ4v) is 4.13. The molecule has 0 radical (unpaired) electrons. The van der Waals surface area contributed by atoms with Crippen LogP contribution in [-0.4, -0.2) is 17.3 Å². The molecule has 3 heteroatoms. The number of rotatable bonds is 3. The van der Waals surface area contributed by atoms with Crippen LogP contribution in [0.15, 0.2) is 24.3 Å². The summed E-state index contributed by atoms with van der Waals surface area (Å²) in [5, 5.41) is 4.29. The van der Waals surface area contributed by atoms with Crippen LogP contribution in [0.2, 0.25) is 0 Å². The van der Waals surface area contributed by atoms with Crippen LogP contribution < -0.4 is 5.32 Å². The quantitative estimate of drug-likeness (QED) is 0.849. The molecule has 0 heterocycles. The van der Waals surface area contributed by atoms with Gasteiger partial charge in [0.1, 0.15) is 0 Å². The Morgan fingerprint density at radius 3 is 2.84 bits per heavy atom. The van der Waals surface area contributed by atoms with Crippen LogP contribution in [0.4, 0.5) is 0 Å². The largest absolute Gasteiger partial charge is 0.353 e. The van der Waals surface area contributed by atoms with Gasteiger partial charge in [0.2, 0.25) is 5.91 Å². The van der Waals surface area contributed by atoms with Gasteiger partial charge in [-0.25, -0.2) is 0 Å². The number of amides is 1. The lowest BCUT2D eigenvalue weighted by Gasteiger charge is -2.35. The molecule has 1 aromatic rings. The Balaban J connectivity index is 1.63. The van der Waals surface area contributed by atoms with Gasteiger partial charge in [-0.1, -0.05) is 53.0 Å². The minimum atomic E-state index is 0.0918. The van der Waals surface area contributed by atoms with E-state index < -0.39 is 0 Å². The zero-order chi connectivity index (χ0) is 13.2. The number of alkyl halides is 1. The van der Waals surface area contributed by atoms with Gasteiger partial charge in [-0.3, -0.25) is 4.79 Å². The maximum atomic E-state index is 12.4. The third-order valence-corrected chi connectivity index (χ3v) is 5.44. The lowest BCUT2D eigenvalue weighted by molar-refractivity contribution is -0.124. The van der Waals surface area contributed by atoms with Gasteiger partial charge in [-0.2, -0.15) is 0 Å². The average molecular weight is 322 g/mol. The summed E-state index contributed by atoms with van der Waals surface area (Å²) >= 11 is 3.58. The molecule has 1 N–H and O–H groups in total. The highest BCUT2D eigenvalue weighted by molar-refractivity contribution is 9.09. The molecule has 2 nitrogen and oxygen atoms in total. The Kier molecular flexibility index (Phi) is 3.92. The van der Waals surface area contributed by atoms with Crippen molar-refractivity contribution in [3.05, 3.63) is 35.4 Å². The highest BCUT2D eigenvalue weighted by Gasteiger charge is 2.34. The van der Waals surface area contributed by atoms with Crippen LogP contribution in [0.25, 0.3) is 0 Å². The van der Waals surface area contributed by atoms with Crippen molar-refractivity contribution < 1.29 is 4.79 Å². The van der Waals surface area contributed by atoms with Crippen LogP contribution in [0.5, 0.6) is 0 Å². The molecule has 0 saturated heterocycles. The van der Waals surface area contributed by atoms with Crippen molar-refractivity contribution in [1.82, 2.24) is 5.32 Å². The zero-order valence-corrected chi connectivity index (χ0v) is 12.7. The van der Waals surface area contributed by atoms with Gasteiger partial charge in [0, 0.05) is 11.4 Å². The molecule has 102 valence electrons. The molecular weight excluding hydrogens is 302 g/mol. The summed E-state index contributed by atoms with van der Waals surface area (Å²) in [4.78, 5) is 12.4. The smallest absolute Gasteiger partial charge is 0.228 e. The van der Waals surface area contributed by atoms with E-state index in [-0.39, 0.29) is 11.8 Å². The Morgan fingerprint density at radius 2 is 2.05 bits per heavy atom. The molecule has 1 aromatic carbocycles. The van der Waals surface area contributed by atoms with Gasteiger partial charge in [0.05, 0.1) is 5.92 Å². The third kappa shape index (κ3) is 2.58. The van der Waals surface area contributed by atoms with E-state index in [1.165, 1.54) is 30.4 Å². The lowest BCUT2D eigenvalue weighted by Crippen LogP contribution is -2.46. The predicted octanol–water partition coefficient (Wildman–Crippen LogP) is 3.40. The van der Waals surface area contributed by atoms with Crippen molar-refractivity contribution in [3.63, 3.8) is 0 Å². The molecular formula is C16H20BrNO. The van der Waals surface area contributed by atoms with Crippen molar-refractivity contribution in [2.75, 3.05) is 5.33 Å². The van der Waals surface area contributed by atoms with E-state index in [1.54, 1.807) is 0 Å². The van der Waals surface area contributed by atoms with Crippen molar-refractivity contribution in [1.29, 1.82) is 0 Å². The number of hydrogen-bond acceptors (Lipinski definition) is 1. The predicted molar refractivity (Wildman–Crippen MR) is 80.6 cm³/mol. The van der Waals surface area contributed by atoms with E-state index in [1.807, 2.05) is 6.07 Å². The second kappa shape index (κ2) is 5.66. The average Bonchev–Trinajstić information content (AvgIpc) is 2.41. The van der Waals surface area contributed by atoms with Crippen molar-refractivity contribution in [2.24, 2.45) is 5.92 Å². The SMILES string of the molecule is O=C(NC1CCCCC1CBr)C1Cc2ccccc21. The number of carbonyl (C=O) groups excluding carboxylic acids is 1. The molecule has 3 atom stereocenters. The molecule has 2 aliphatic carbocycles. The van der Waals surface area contributed by atoms with E-state index in [2.05, 4.69) is 39.4 Å². The van der Waals surface area contributed by atoms with Gasteiger partial charge in [-0.05, 0) is 36.3 Å². The highest BCUT2D eigenvalue weighted by atomic mass is 79.9. The Labute approximate surface area is 123 Å². The van der Waals surface area contributed by atoms with Gasteiger partial charge in [0.15, 0.2) is 0 Å². The molecule has 2 aliphatic rings. The van der Waals surface area contributed by atoms with Crippen LogP contribution >= 0.6 is 15.9 Å². The molecule has 0 aromatic heterocycles. The first-order valence-corrected chi connectivity index (χ1v) is 8.36. The first-order valence-electron chi connectivity index (χ1n) is 7.23. The normalized spacial score (nSPS) is 29.2. The van der Waals surface area contributed by atoms with E-state index in [4.69, 9.17) is 0 Å². The van der Waals surface area contributed by atoms with E-state index in [9.17, 15) is 4.79 Å². The summed E-state index contributed by atoms with van der Waals surface area (Å²) < 4.78 is 0. The van der Waals surface area contributed by atoms with Gasteiger partial charge >= 0.3 is 0 Å². The summed E-state index contributed by atoms with van der Waals surface area (Å²) in [6.07, 6.45) is 5.83. The standard InChI is InChI=1S/C16H20BrNO/c17-10-12-6-2-4-8-15(12)18-16(19)14-9-11-5-1-3-7-13(11)14/h1,3,5,7,12,14-15H,2,4,6,8-10H2,(H,18,19). The lowest BCUT2D eigenvalue weighted by atomic mass is 9.76. The number of fused-ring (bicyclic) bond motifs is 1. The van der Waals surface area contributed by atoms with E-state index in [0.29, 0.717) is 12.0 Å². The molecule has 1 saturated carbocycles. The summed E-state index contributed by atoms with van der Waals surface area (Å²) in [5.41, 5.74) is 2.56. The van der Waals surface area contributed by atoms with Crippen LogP contribution in [-0.2, 0) is 11.2 Å². The Bertz CT molecular complexity index is 474. The van der Waals surface area contributed by atoms with Crippen molar-refractivity contribution in [3.8, 4) is 0 Å². The van der Waals surface area contributed by atoms with Crippen molar-refractivity contribution >= 4 is 21.8 Å². The maximum Gasteiger partial charge on any atom is 0.228 e. The van der Waals surface area contributed by atoms with E-state index in [0.717, 1.165) is 18.2 Å². The summed E-state index contributed by atoms with van der Waals surface area (Å²) in [7, 11) is 0. The van der Waals surface area contributed by atoms with E-state index >= 15 is 0 Å². The number of hydrogen-bond donors (Lipinski definition) is 1. The molecule has 1 amide bonds. The molecule has 0 spiro atoms. The summed E-state index contributed by atoms with van der Waals surface area (Å²) in [5.74, 6) is 0.929. The second-order valence-corrected chi connectivity index (χ2v) is 6.42. The van der Waals surface area contributed by atoms with Gasteiger partial charge in [-0.15, -0.1) is 0 Å². The summed E-state index contributed by atoms with van der Waals surface area (Å²) in [6, 6.07) is 8.66. The first-order chi connectivity index (χ1) is 9.29. The van der Waals surface area contributed by atoms with Crippen LogP contribution in [0.1, 0.15) is 42.7 Å². The minimum Gasteiger partial charge on any atom is -0.353 e. The zero-order valence-electron chi connectivity index (χ0n) is 11.1. The Morgan fingerprint density at radius 1 is 1.26 bits per heavy atom. The summed E-state index contributed by atoms with van der Waals surface area (Å²) in [6.45, 7) is 0. The number of halogens is 1. The topological polar surface area (TPSA) is 29.1 Å². The number of benzene rings is 1. The monoisotopic (exact) mass is 321 g/mol. The van der Waals surface area contributed by atoms with Crippen LogP contribution in [0, 0.1) is 5.92 Å². The third-order valence-electron chi connectivity index (χ3n) is 4.61. The van der Waals surface area contributed by atoms with Gasteiger partial charge in [0.25, 0.3) is 0 Å². The van der Waals surface area contributed by atoms with Crippen LogP contribution in [0.3, 0.4) is 0 Å². The molecule has 3 unspecified atom stereocenters. The number of nitrogens with one attached hydrogen (secondary N) is 1. The molecule has 0 aliphatic heterocycles. The maximum absolute atomic E-state index is 12.4. The molecule has 0 bridgehead atoms. The van der Waals surface area contributed by atoms with Gasteiger partial charge < -0.3 is 5.32 Å². The highest BCUT2D eigenvalue weighted by Crippen LogP contribution is 2.35. The number of carbonyl (C=O) groups is 1. The fraction of sp³-hybridized carbons (Fsp3) is 0.562. The fourth-order valence-electron chi connectivity index (χ4n) is 3.36.